The highest BCUT2D eigenvalue weighted by molar-refractivity contribution is 5.94. The van der Waals surface area contributed by atoms with Gasteiger partial charge in [-0.3, -0.25) is 9.59 Å². The summed E-state index contributed by atoms with van der Waals surface area (Å²) in [5.41, 5.74) is 0. The summed E-state index contributed by atoms with van der Waals surface area (Å²) in [4.78, 5) is 29.3. The van der Waals surface area contributed by atoms with Crippen molar-refractivity contribution >= 4 is 23.5 Å². The number of rotatable bonds is 0. The van der Waals surface area contributed by atoms with E-state index in [1.165, 1.54) is 0 Å². The predicted molar refractivity (Wildman–Crippen MR) is 76.7 cm³/mol. The molecule has 2 aliphatic heterocycles. The number of ether oxygens (including phenoxy) is 2. The Morgan fingerprint density at radius 3 is 1.73 bits per heavy atom. The molecule has 2 amide bonds. The summed E-state index contributed by atoms with van der Waals surface area (Å²) in [5.74, 6) is 1.96. The molecule has 0 bridgehead atoms. The molecule has 0 aromatic carbocycles. The SMILES string of the molecule is O=C1COc2cccnc2N1.O=C1COc2cccnc2N1. The fraction of sp³-hybridized carbons (Fsp3) is 0.143. The molecular weight excluding hydrogens is 288 g/mol. The van der Waals surface area contributed by atoms with Crippen LogP contribution in [0.5, 0.6) is 11.5 Å². The maximum atomic E-state index is 10.7. The largest absolute Gasteiger partial charge is 0.480 e. The van der Waals surface area contributed by atoms with Gasteiger partial charge in [0.15, 0.2) is 36.3 Å². The number of aromatic nitrogens is 2. The molecule has 0 aliphatic carbocycles. The molecule has 2 aliphatic rings. The Bertz CT molecular complexity index is 658. The first-order valence-corrected chi connectivity index (χ1v) is 6.48. The van der Waals surface area contributed by atoms with Gasteiger partial charge in [0, 0.05) is 12.4 Å². The van der Waals surface area contributed by atoms with Crippen molar-refractivity contribution < 1.29 is 19.1 Å². The Balaban J connectivity index is 0.000000131. The third kappa shape index (κ3) is 3.11. The lowest BCUT2D eigenvalue weighted by Crippen LogP contribution is -2.25. The first-order chi connectivity index (χ1) is 10.7. The number of nitrogens with one attached hydrogen (secondary N) is 2. The van der Waals surface area contributed by atoms with Gasteiger partial charge in [-0.15, -0.1) is 0 Å². The molecular formula is C14H12N4O4. The highest BCUT2D eigenvalue weighted by Crippen LogP contribution is 2.23. The molecule has 4 rings (SSSR count). The molecule has 0 unspecified atom stereocenters. The van der Waals surface area contributed by atoms with E-state index in [9.17, 15) is 9.59 Å². The zero-order valence-electron chi connectivity index (χ0n) is 11.4. The third-order valence-electron chi connectivity index (χ3n) is 2.77. The van der Waals surface area contributed by atoms with Crippen LogP contribution in [0.15, 0.2) is 36.7 Å². The van der Waals surface area contributed by atoms with Crippen LogP contribution in [0.2, 0.25) is 0 Å². The van der Waals surface area contributed by atoms with E-state index in [0.717, 1.165) is 0 Å². The van der Waals surface area contributed by atoms with Crippen LogP contribution in [-0.2, 0) is 9.59 Å². The molecule has 0 saturated carbocycles. The standard InChI is InChI=1S/2C7H6N2O2/c2*10-6-4-11-5-2-1-3-8-7(5)9-6/h2*1-3H,4H2,(H,8,9,10). The number of carbonyl (C=O) groups excluding carboxylic acids is 2. The summed E-state index contributed by atoms with van der Waals surface area (Å²) in [7, 11) is 0. The Hall–Kier alpha value is -3.16. The van der Waals surface area contributed by atoms with Crippen LogP contribution in [0.3, 0.4) is 0 Å². The van der Waals surface area contributed by atoms with E-state index in [4.69, 9.17) is 9.47 Å². The number of carbonyl (C=O) groups is 2. The number of fused-ring (bicyclic) bond motifs is 2. The monoisotopic (exact) mass is 300 g/mol. The van der Waals surface area contributed by atoms with E-state index >= 15 is 0 Å². The zero-order valence-corrected chi connectivity index (χ0v) is 11.4. The summed E-state index contributed by atoms with van der Waals surface area (Å²) in [6, 6.07) is 7.05. The Morgan fingerprint density at radius 2 is 1.27 bits per heavy atom. The normalized spacial score (nSPS) is 14.7. The second-order valence-electron chi connectivity index (χ2n) is 4.37. The summed E-state index contributed by atoms with van der Waals surface area (Å²) >= 11 is 0. The highest BCUT2D eigenvalue weighted by Gasteiger charge is 2.16. The van der Waals surface area contributed by atoms with Gasteiger partial charge in [-0.2, -0.15) is 0 Å². The van der Waals surface area contributed by atoms with Gasteiger partial charge in [0.1, 0.15) is 0 Å². The highest BCUT2D eigenvalue weighted by atomic mass is 16.5. The van der Waals surface area contributed by atoms with Crippen LogP contribution in [-0.4, -0.2) is 35.0 Å². The maximum Gasteiger partial charge on any atom is 0.263 e. The molecule has 0 fully saturated rings. The molecule has 112 valence electrons. The summed E-state index contributed by atoms with van der Waals surface area (Å²) < 4.78 is 10.1. The molecule has 2 aromatic rings. The molecule has 2 N–H and O–H groups in total. The summed E-state index contributed by atoms with van der Waals surface area (Å²) in [6.07, 6.45) is 3.21. The smallest absolute Gasteiger partial charge is 0.263 e. The number of pyridine rings is 2. The van der Waals surface area contributed by atoms with Crippen molar-refractivity contribution in [3.8, 4) is 11.5 Å². The van der Waals surface area contributed by atoms with Crippen LogP contribution in [0.25, 0.3) is 0 Å². The van der Waals surface area contributed by atoms with Crippen molar-refractivity contribution in [3.05, 3.63) is 36.7 Å². The van der Waals surface area contributed by atoms with Crippen LogP contribution in [0.1, 0.15) is 0 Å². The molecule has 8 heteroatoms. The van der Waals surface area contributed by atoms with Crippen molar-refractivity contribution in [2.45, 2.75) is 0 Å². The average molecular weight is 300 g/mol. The van der Waals surface area contributed by atoms with E-state index in [-0.39, 0.29) is 25.0 Å². The molecule has 0 radical (unpaired) electrons. The van der Waals surface area contributed by atoms with Crippen LogP contribution in [0.4, 0.5) is 11.6 Å². The Labute approximate surface area is 125 Å². The second-order valence-corrected chi connectivity index (χ2v) is 4.37. The van der Waals surface area contributed by atoms with E-state index in [0.29, 0.717) is 23.1 Å². The number of amides is 2. The van der Waals surface area contributed by atoms with Crippen LogP contribution in [0, 0.1) is 0 Å². The second kappa shape index (κ2) is 6.08. The molecule has 0 spiro atoms. The van der Waals surface area contributed by atoms with Gasteiger partial charge in [-0.1, -0.05) is 0 Å². The Kier molecular flexibility index (Phi) is 3.82. The number of anilines is 2. The topological polar surface area (TPSA) is 102 Å². The van der Waals surface area contributed by atoms with Crippen molar-refractivity contribution in [1.82, 2.24) is 9.97 Å². The van der Waals surface area contributed by atoms with Crippen LogP contribution < -0.4 is 20.1 Å². The number of hydrogen-bond acceptors (Lipinski definition) is 6. The van der Waals surface area contributed by atoms with E-state index in [1.807, 2.05) is 0 Å². The summed E-state index contributed by atoms with van der Waals surface area (Å²) in [6.45, 7) is 0.164. The molecule has 0 atom stereocenters. The minimum atomic E-state index is -0.156. The van der Waals surface area contributed by atoms with Crippen molar-refractivity contribution in [2.75, 3.05) is 23.8 Å². The lowest BCUT2D eigenvalue weighted by Gasteiger charge is -2.15. The lowest BCUT2D eigenvalue weighted by molar-refractivity contribution is -0.119. The Morgan fingerprint density at radius 1 is 0.818 bits per heavy atom. The molecule has 2 aromatic heterocycles. The fourth-order valence-electron chi connectivity index (χ4n) is 1.82. The quantitative estimate of drug-likeness (QED) is 0.747. The lowest BCUT2D eigenvalue weighted by atomic mass is 10.4. The van der Waals surface area contributed by atoms with Crippen molar-refractivity contribution in [3.63, 3.8) is 0 Å². The van der Waals surface area contributed by atoms with Crippen LogP contribution >= 0.6 is 0 Å². The molecule has 8 nitrogen and oxygen atoms in total. The van der Waals surface area contributed by atoms with E-state index < -0.39 is 0 Å². The predicted octanol–water partition coefficient (Wildman–Crippen LogP) is 0.825. The molecule has 22 heavy (non-hydrogen) atoms. The average Bonchev–Trinajstić information content (AvgIpc) is 2.55. The van der Waals surface area contributed by atoms with Gasteiger partial charge >= 0.3 is 0 Å². The maximum absolute atomic E-state index is 10.7. The minimum absolute atomic E-state index is 0.0820. The zero-order chi connectivity index (χ0) is 15.4. The minimum Gasteiger partial charge on any atom is -0.480 e. The van der Waals surface area contributed by atoms with Gasteiger partial charge in [0.05, 0.1) is 0 Å². The fourth-order valence-corrected chi connectivity index (χ4v) is 1.82. The van der Waals surface area contributed by atoms with Gasteiger partial charge in [0.25, 0.3) is 11.8 Å². The molecule has 4 heterocycles. The van der Waals surface area contributed by atoms with Gasteiger partial charge < -0.3 is 20.1 Å². The third-order valence-corrected chi connectivity index (χ3v) is 2.77. The van der Waals surface area contributed by atoms with Gasteiger partial charge in [0.2, 0.25) is 0 Å². The van der Waals surface area contributed by atoms with Crippen molar-refractivity contribution in [2.24, 2.45) is 0 Å². The molecule has 0 saturated heterocycles. The number of nitrogens with zero attached hydrogens (tertiary/aromatic N) is 2. The van der Waals surface area contributed by atoms with Gasteiger partial charge in [-0.25, -0.2) is 9.97 Å². The van der Waals surface area contributed by atoms with E-state index in [2.05, 4.69) is 20.6 Å². The van der Waals surface area contributed by atoms with Crippen molar-refractivity contribution in [1.29, 1.82) is 0 Å². The first-order valence-electron chi connectivity index (χ1n) is 6.48. The van der Waals surface area contributed by atoms with Gasteiger partial charge in [-0.05, 0) is 24.3 Å². The van der Waals surface area contributed by atoms with E-state index in [1.54, 1.807) is 36.7 Å². The first kappa shape index (κ1) is 13.8. The summed E-state index contributed by atoms with van der Waals surface area (Å²) in [5, 5.41) is 5.17. The number of hydrogen-bond donors (Lipinski definition) is 2.